The van der Waals surface area contributed by atoms with Gasteiger partial charge in [-0.2, -0.15) is 0 Å². The molecule has 0 bridgehead atoms. The molecule has 0 saturated carbocycles. The number of aromatic hydroxyl groups is 2. The predicted molar refractivity (Wildman–Crippen MR) is 108 cm³/mol. The van der Waals surface area contributed by atoms with Crippen LogP contribution in [0.15, 0.2) is 65.0 Å². The van der Waals surface area contributed by atoms with Crippen LogP contribution in [0.25, 0.3) is 6.08 Å². The second kappa shape index (κ2) is 8.01. The van der Waals surface area contributed by atoms with Gasteiger partial charge in [0.25, 0.3) is 5.91 Å². The fourth-order valence-electron chi connectivity index (χ4n) is 2.54. The molecule has 1 amide bonds. The lowest BCUT2D eigenvalue weighted by Crippen LogP contribution is -2.29. The summed E-state index contributed by atoms with van der Waals surface area (Å²) in [5.74, 6) is -1.65. The molecule has 0 aliphatic carbocycles. The topological polar surface area (TPSA) is 110 Å². The van der Waals surface area contributed by atoms with Crippen molar-refractivity contribution in [3.05, 3.63) is 71.2 Å². The van der Waals surface area contributed by atoms with Crippen molar-refractivity contribution in [2.75, 3.05) is 6.54 Å². The maximum Gasteiger partial charge on any atom is 0.338 e. The summed E-state index contributed by atoms with van der Waals surface area (Å²) in [5, 5.41) is 28.8. The van der Waals surface area contributed by atoms with E-state index in [1.165, 1.54) is 29.2 Å². The Morgan fingerprint density at radius 1 is 1.18 bits per heavy atom. The Balaban J connectivity index is 2.03. The van der Waals surface area contributed by atoms with Gasteiger partial charge < -0.3 is 15.3 Å². The molecule has 1 aliphatic heterocycles. The van der Waals surface area contributed by atoms with Crippen LogP contribution < -0.4 is 0 Å². The van der Waals surface area contributed by atoms with Crippen molar-refractivity contribution >= 4 is 40.6 Å². The third-order valence-electron chi connectivity index (χ3n) is 3.79. The van der Waals surface area contributed by atoms with Crippen LogP contribution in [-0.2, 0) is 4.79 Å². The third kappa shape index (κ3) is 4.07. The zero-order chi connectivity index (χ0) is 20.3. The highest BCUT2D eigenvalue weighted by Gasteiger charge is 2.33. The Bertz CT molecular complexity index is 1030. The summed E-state index contributed by atoms with van der Waals surface area (Å²) in [6.07, 6.45) is 3.17. The first-order valence-electron chi connectivity index (χ1n) is 8.15. The second-order valence-electron chi connectivity index (χ2n) is 5.81. The van der Waals surface area contributed by atoms with Gasteiger partial charge in [-0.1, -0.05) is 18.2 Å². The summed E-state index contributed by atoms with van der Waals surface area (Å²) in [4.78, 5) is 30.3. The van der Waals surface area contributed by atoms with Crippen molar-refractivity contribution in [1.82, 2.24) is 4.90 Å². The number of aliphatic imine (C=N–C) groups is 1. The third-order valence-corrected chi connectivity index (χ3v) is 4.80. The average Bonchev–Trinajstić information content (AvgIpc) is 2.92. The zero-order valence-corrected chi connectivity index (χ0v) is 15.4. The number of amides is 1. The van der Waals surface area contributed by atoms with Crippen LogP contribution in [0.3, 0.4) is 0 Å². The minimum atomic E-state index is -1.24. The number of thioether (sulfide) groups is 1. The van der Waals surface area contributed by atoms with Crippen LogP contribution in [0.4, 0.5) is 5.69 Å². The quantitative estimate of drug-likeness (QED) is 0.526. The second-order valence-corrected chi connectivity index (χ2v) is 6.82. The summed E-state index contributed by atoms with van der Waals surface area (Å²) < 4.78 is 0. The van der Waals surface area contributed by atoms with E-state index in [0.717, 1.165) is 17.8 Å². The summed E-state index contributed by atoms with van der Waals surface area (Å²) in [5.41, 5.74) is 0.587. The standard InChI is InChI=1S/C20H16N2O5S/c1-2-8-22-18(25)17(10-12-4-3-5-13(23)9-12)28-20(22)21-16-7-6-14(24)11-15(16)19(26)27/h2-7,9-11,23-24H,1,8H2,(H,26,27)/b17-10-,21-20?. The minimum absolute atomic E-state index is 0.0804. The molecular formula is C20H16N2O5S. The first kappa shape index (κ1) is 19.2. The normalized spacial score (nSPS) is 16.7. The molecule has 1 fully saturated rings. The monoisotopic (exact) mass is 396 g/mol. The molecule has 2 aromatic carbocycles. The number of phenols is 2. The van der Waals surface area contributed by atoms with Crippen LogP contribution in [0.1, 0.15) is 15.9 Å². The van der Waals surface area contributed by atoms with E-state index in [-0.39, 0.29) is 35.2 Å². The lowest BCUT2D eigenvalue weighted by atomic mass is 10.2. The van der Waals surface area contributed by atoms with Crippen molar-refractivity contribution in [2.45, 2.75) is 0 Å². The first-order chi connectivity index (χ1) is 13.4. The molecule has 1 heterocycles. The maximum atomic E-state index is 12.7. The number of carbonyl (C=O) groups excluding carboxylic acids is 1. The molecule has 0 radical (unpaired) electrons. The van der Waals surface area contributed by atoms with Gasteiger partial charge in [-0.25, -0.2) is 9.79 Å². The highest BCUT2D eigenvalue weighted by atomic mass is 32.2. The average molecular weight is 396 g/mol. The number of rotatable bonds is 5. The Morgan fingerprint density at radius 3 is 2.61 bits per heavy atom. The molecule has 1 saturated heterocycles. The van der Waals surface area contributed by atoms with E-state index in [2.05, 4.69) is 11.6 Å². The van der Waals surface area contributed by atoms with Gasteiger partial charge in [-0.3, -0.25) is 9.69 Å². The number of carboxylic acid groups (broad SMARTS) is 1. The molecule has 7 nitrogen and oxygen atoms in total. The zero-order valence-electron chi connectivity index (χ0n) is 14.6. The summed E-state index contributed by atoms with van der Waals surface area (Å²) in [6, 6.07) is 10.3. The van der Waals surface area contributed by atoms with E-state index in [1.54, 1.807) is 24.3 Å². The Labute approximate surface area is 165 Å². The van der Waals surface area contributed by atoms with Gasteiger partial charge in [0, 0.05) is 6.54 Å². The number of nitrogens with zero attached hydrogens (tertiary/aromatic N) is 2. The lowest BCUT2D eigenvalue weighted by molar-refractivity contribution is -0.121. The Morgan fingerprint density at radius 2 is 1.93 bits per heavy atom. The molecule has 28 heavy (non-hydrogen) atoms. The fraction of sp³-hybridized carbons (Fsp3) is 0.0500. The predicted octanol–water partition coefficient (Wildman–Crippen LogP) is 3.59. The van der Waals surface area contributed by atoms with Crippen molar-refractivity contribution in [2.24, 2.45) is 4.99 Å². The Hall–Kier alpha value is -3.52. The van der Waals surface area contributed by atoms with Crippen molar-refractivity contribution in [1.29, 1.82) is 0 Å². The summed E-state index contributed by atoms with van der Waals surface area (Å²) >= 11 is 1.09. The number of aromatic carboxylic acids is 1. The van der Waals surface area contributed by atoms with E-state index in [4.69, 9.17) is 0 Å². The van der Waals surface area contributed by atoms with Crippen LogP contribution in [-0.4, -0.2) is 43.8 Å². The summed E-state index contributed by atoms with van der Waals surface area (Å²) in [6.45, 7) is 3.84. The van der Waals surface area contributed by atoms with Gasteiger partial charge in [0.1, 0.15) is 11.5 Å². The fourth-order valence-corrected chi connectivity index (χ4v) is 3.54. The largest absolute Gasteiger partial charge is 0.508 e. The Kier molecular flexibility index (Phi) is 5.51. The number of carbonyl (C=O) groups is 2. The maximum absolute atomic E-state index is 12.7. The molecule has 2 aromatic rings. The highest BCUT2D eigenvalue weighted by Crippen LogP contribution is 2.35. The van der Waals surface area contributed by atoms with Gasteiger partial charge in [0.2, 0.25) is 0 Å². The van der Waals surface area contributed by atoms with Gasteiger partial charge >= 0.3 is 5.97 Å². The van der Waals surface area contributed by atoms with E-state index < -0.39 is 5.97 Å². The SMILES string of the molecule is C=CCN1C(=O)/C(=C/c2cccc(O)c2)SC1=Nc1ccc(O)cc1C(=O)O. The van der Waals surface area contributed by atoms with Gasteiger partial charge in [-0.15, -0.1) is 6.58 Å². The number of phenolic OH excluding ortho intramolecular Hbond substituents is 2. The lowest BCUT2D eigenvalue weighted by Gasteiger charge is -2.13. The van der Waals surface area contributed by atoms with Gasteiger partial charge in [-0.05, 0) is 53.7 Å². The van der Waals surface area contributed by atoms with E-state index >= 15 is 0 Å². The molecule has 3 rings (SSSR count). The number of hydrogen-bond acceptors (Lipinski definition) is 6. The van der Waals surface area contributed by atoms with Crippen LogP contribution in [0, 0.1) is 0 Å². The van der Waals surface area contributed by atoms with Crippen LogP contribution >= 0.6 is 11.8 Å². The molecule has 0 aromatic heterocycles. The molecular weight excluding hydrogens is 380 g/mol. The first-order valence-corrected chi connectivity index (χ1v) is 8.97. The number of amidine groups is 1. The molecule has 142 valence electrons. The van der Waals surface area contributed by atoms with Crippen molar-refractivity contribution in [3.8, 4) is 11.5 Å². The molecule has 0 spiro atoms. The van der Waals surface area contributed by atoms with E-state index in [0.29, 0.717) is 15.6 Å². The number of carboxylic acids is 1. The molecule has 1 aliphatic rings. The van der Waals surface area contributed by atoms with Gasteiger partial charge in [0.15, 0.2) is 5.17 Å². The molecule has 0 atom stereocenters. The number of benzene rings is 2. The van der Waals surface area contributed by atoms with Crippen LogP contribution in [0.5, 0.6) is 11.5 Å². The molecule has 0 unspecified atom stereocenters. The summed E-state index contributed by atoms with van der Waals surface area (Å²) in [7, 11) is 0. The van der Waals surface area contributed by atoms with E-state index in [1.807, 2.05) is 0 Å². The smallest absolute Gasteiger partial charge is 0.338 e. The highest BCUT2D eigenvalue weighted by molar-refractivity contribution is 8.18. The van der Waals surface area contributed by atoms with Crippen LogP contribution in [0.2, 0.25) is 0 Å². The van der Waals surface area contributed by atoms with Crippen molar-refractivity contribution in [3.63, 3.8) is 0 Å². The van der Waals surface area contributed by atoms with Crippen molar-refractivity contribution < 1.29 is 24.9 Å². The van der Waals surface area contributed by atoms with Gasteiger partial charge in [0.05, 0.1) is 16.2 Å². The minimum Gasteiger partial charge on any atom is -0.508 e. The van der Waals surface area contributed by atoms with E-state index in [9.17, 15) is 24.9 Å². The molecule has 3 N–H and O–H groups in total. The molecule has 8 heteroatoms. The number of hydrogen-bond donors (Lipinski definition) is 3.